The van der Waals surface area contributed by atoms with Crippen molar-refractivity contribution in [2.24, 2.45) is 5.92 Å². The molecule has 0 spiro atoms. The summed E-state index contributed by atoms with van der Waals surface area (Å²) in [6, 6.07) is 0.136. The molecule has 0 bridgehead atoms. The van der Waals surface area contributed by atoms with Crippen LogP contribution in [0.4, 0.5) is 0 Å². The molecule has 1 N–H and O–H groups in total. The zero-order valence-corrected chi connectivity index (χ0v) is 12.1. The normalized spacial score (nSPS) is 27.4. The summed E-state index contributed by atoms with van der Waals surface area (Å²) in [6.45, 7) is 7.06. The van der Waals surface area contributed by atoms with Crippen LogP contribution >= 0.6 is 0 Å². The molecule has 2 atom stereocenters. The molecule has 1 aliphatic rings. The van der Waals surface area contributed by atoms with Crippen molar-refractivity contribution in [2.45, 2.75) is 19.4 Å². The molecule has 1 heterocycles. The Labute approximate surface area is 110 Å². The number of hydrogen-bond donors (Lipinski definition) is 1. The molecule has 1 rings (SSSR count). The Morgan fingerprint density at radius 1 is 1.33 bits per heavy atom. The molecule has 0 aromatic carbocycles. The summed E-state index contributed by atoms with van der Waals surface area (Å²) in [5, 5.41) is 9.05. The Balaban J connectivity index is 2.66. The minimum absolute atomic E-state index is 0.136. The van der Waals surface area contributed by atoms with Crippen LogP contribution in [0, 0.1) is 5.92 Å². The van der Waals surface area contributed by atoms with Crippen molar-refractivity contribution in [1.29, 1.82) is 0 Å². The van der Waals surface area contributed by atoms with Gasteiger partial charge in [0, 0.05) is 38.8 Å². The summed E-state index contributed by atoms with van der Waals surface area (Å²) in [6.07, 6.45) is 0.241. The second kappa shape index (κ2) is 7.07. The Hall–Kier alpha value is -0.650. The smallest absolute Gasteiger partial charge is 0.304 e. The second-order valence-corrected chi connectivity index (χ2v) is 5.88. The van der Waals surface area contributed by atoms with Gasteiger partial charge in [-0.1, -0.05) is 6.92 Å². The van der Waals surface area contributed by atoms with Crippen molar-refractivity contribution in [3.05, 3.63) is 0 Å². The fourth-order valence-corrected chi connectivity index (χ4v) is 2.69. The Morgan fingerprint density at radius 2 is 2.00 bits per heavy atom. The van der Waals surface area contributed by atoms with Gasteiger partial charge in [0.05, 0.1) is 6.42 Å². The highest BCUT2D eigenvalue weighted by atomic mass is 16.4. The standard InChI is InChI=1S/C13H27N3O2/c1-11-8-15(4)10-12(7-13(17)18)16(9-11)6-5-14(2)3/h11-12H,5-10H2,1-4H3,(H,17,18). The lowest BCUT2D eigenvalue weighted by Crippen LogP contribution is -2.44. The topological polar surface area (TPSA) is 47.0 Å². The van der Waals surface area contributed by atoms with Gasteiger partial charge in [0.2, 0.25) is 0 Å². The summed E-state index contributed by atoms with van der Waals surface area (Å²) in [5.74, 6) is -0.103. The fourth-order valence-electron chi connectivity index (χ4n) is 2.69. The Kier molecular flexibility index (Phi) is 6.05. The third-order valence-electron chi connectivity index (χ3n) is 3.45. The van der Waals surface area contributed by atoms with Crippen molar-refractivity contribution in [3.63, 3.8) is 0 Å². The van der Waals surface area contributed by atoms with Gasteiger partial charge >= 0.3 is 5.97 Å². The van der Waals surface area contributed by atoms with Gasteiger partial charge in [0.15, 0.2) is 0 Å². The van der Waals surface area contributed by atoms with E-state index in [1.807, 2.05) is 0 Å². The number of carbonyl (C=O) groups is 1. The lowest BCUT2D eigenvalue weighted by atomic mass is 10.1. The first-order valence-corrected chi connectivity index (χ1v) is 6.67. The van der Waals surface area contributed by atoms with Gasteiger partial charge in [0.25, 0.3) is 0 Å². The van der Waals surface area contributed by atoms with Crippen LogP contribution in [0.15, 0.2) is 0 Å². The highest BCUT2D eigenvalue weighted by Gasteiger charge is 2.27. The van der Waals surface area contributed by atoms with Gasteiger partial charge in [-0.05, 0) is 27.1 Å². The van der Waals surface area contributed by atoms with E-state index < -0.39 is 5.97 Å². The van der Waals surface area contributed by atoms with E-state index in [0.717, 1.165) is 32.7 Å². The summed E-state index contributed by atoms with van der Waals surface area (Å²) in [5.41, 5.74) is 0. The quantitative estimate of drug-likeness (QED) is 0.766. The lowest BCUT2D eigenvalue weighted by molar-refractivity contribution is -0.138. The number of rotatable bonds is 5. The molecule has 18 heavy (non-hydrogen) atoms. The average molecular weight is 257 g/mol. The van der Waals surface area contributed by atoms with E-state index in [9.17, 15) is 4.79 Å². The van der Waals surface area contributed by atoms with Crippen molar-refractivity contribution in [2.75, 3.05) is 53.9 Å². The minimum atomic E-state index is -0.696. The van der Waals surface area contributed by atoms with Gasteiger partial charge < -0.3 is 14.9 Å². The van der Waals surface area contributed by atoms with E-state index in [4.69, 9.17) is 5.11 Å². The maximum Gasteiger partial charge on any atom is 0.304 e. The van der Waals surface area contributed by atoms with Gasteiger partial charge in [-0.3, -0.25) is 9.69 Å². The predicted molar refractivity (Wildman–Crippen MR) is 72.8 cm³/mol. The molecular formula is C13H27N3O2. The molecule has 2 unspecified atom stereocenters. The molecule has 1 saturated heterocycles. The van der Waals surface area contributed by atoms with Crippen LogP contribution in [-0.4, -0.2) is 85.7 Å². The highest BCUT2D eigenvalue weighted by molar-refractivity contribution is 5.67. The van der Waals surface area contributed by atoms with E-state index in [1.165, 1.54) is 0 Å². The van der Waals surface area contributed by atoms with Crippen molar-refractivity contribution in [3.8, 4) is 0 Å². The third-order valence-corrected chi connectivity index (χ3v) is 3.45. The molecule has 5 heteroatoms. The molecule has 106 valence electrons. The number of nitrogens with zero attached hydrogens (tertiary/aromatic N) is 3. The van der Waals surface area contributed by atoms with Gasteiger partial charge in [-0.15, -0.1) is 0 Å². The number of likely N-dealkylation sites (N-methyl/N-ethyl adjacent to an activating group) is 2. The largest absolute Gasteiger partial charge is 0.481 e. The molecule has 0 radical (unpaired) electrons. The Bertz CT molecular complexity index is 271. The zero-order valence-electron chi connectivity index (χ0n) is 12.1. The zero-order chi connectivity index (χ0) is 13.7. The molecule has 5 nitrogen and oxygen atoms in total. The molecule has 0 saturated carbocycles. The van der Waals surface area contributed by atoms with Crippen LogP contribution in [0.1, 0.15) is 13.3 Å². The second-order valence-electron chi connectivity index (χ2n) is 5.88. The fraction of sp³-hybridized carbons (Fsp3) is 0.923. The third kappa shape index (κ3) is 5.33. The molecule has 1 fully saturated rings. The maximum absolute atomic E-state index is 11.0. The van der Waals surface area contributed by atoms with E-state index >= 15 is 0 Å². The molecule has 1 aliphatic heterocycles. The van der Waals surface area contributed by atoms with Gasteiger partial charge in [0.1, 0.15) is 0 Å². The average Bonchev–Trinajstić information content (AvgIpc) is 2.33. The van der Waals surface area contributed by atoms with Crippen LogP contribution < -0.4 is 0 Å². The highest BCUT2D eigenvalue weighted by Crippen LogP contribution is 2.15. The van der Waals surface area contributed by atoms with Crippen LogP contribution in [0.3, 0.4) is 0 Å². The molecule has 0 aromatic rings. The number of aliphatic carboxylic acids is 1. The summed E-state index contributed by atoms with van der Waals surface area (Å²) in [7, 11) is 6.19. The maximum atomic E-state index is 11.0. The van der Waals surface area contributed by atoms with E-state index in [1.54, 1.807) is 0 Å². The summed E-state index contributed by atoms with van der Waals surface area (Å²) in [4.78, 5) is 17.8. The lowest BCUT2D eigenvalue weighted by Gasteiger charge is -2.31. The number of hydrogen-bond acceptors (Lipinski definition) is 4. The first-order chi connectivity index (χ1) is 8.38. The Morgan fingerprint density at radius 3 is 2.56 bits per heavy atom. The molecule has 0 aliphatic carbocycles. The first-order valence-electron chi connectivity index (χ1n) is 6.67. The van der Waals surface area contributed by atoms with Gasteiger partial charge in [-0.2, -0.15) is 0 Å². The van der Waals surface area contributed by atoms with Crippen LogP contribution in [0.5, 0.6) is 0 Å². The van der Waals surface area contributed by atoms with Crippen molar-refractivity contribution >= 4 is 5.97 Å². The van der Waals surface area contributed by atoms with Crippen LogP contribution in [-0.2, 0) is 4.79 Å². The van der Waals surface area contributed by atoms with Crippen molar-refractivity contribution < 1.29 is 9.90 Å². The number of carboxylic acids is 1. The number of carboxylic acid groups (broad SMARTS) is 1. The van der Waals surface area contributed by atoms with Crippen molar-refractivity contribution in [1.82, 2.24) is 14.7 Å². The van der Waals surface area contributed by atoms with E-state index in [2.05, 4.69) is 42.8 Å². The first kappa shape index (κ1) is 15.4. The van der Waals surface area contributed by atoms with E-state index in [0.29, 0.717) is 5.92 Å². The predicted octanol–water partition coefficient (Wildman–Crippen LogP) is 0.275. The summed E-state index contributed by atoms with van der Waals surface area (Å²) < 4.78 is 0. The molecule has 0 amide bonds. The minimum Gasteiger partial charge on any atom is -0.481 e. The SMILES string of the molecule is CC1CN(C)CC(CC(=O)O)N(CCN(C)C)C1. The van der Waals surface area contributed by atoms with Crippen LogP contribution in [0.2, 0.25) is 0 Å². The van der Waals surface area contributed by atoms with E-state index in [-0.39, 0.29) is 12.5 Å². The summed E-state index contributed by atoms with van der Waals surface area (Å²) >= 11 is 0. The van der Waals surface area contributed by atoms with Gasteiger partial charge in [-0.25, -0.2) is 0 Å². The van der Waals surface area contributed by atoms with Crippen LogP contribution in [0.25, 0.3) is 0 Å². The molecular weight excluding hydrogens is 230 g/mol. The monoisotopic (exact) mass is 257 g/mol. The molecule has 0 aromatic heterocycles.